The van der Waals surface area contributed by atoms with E-state index in [2.05, 4.69) is 22.1 Å². The molecule has 1 aromatic rings. The lowest BCUT2D eigenvalue weighted by Gasteiger charge is -2.22. The first-order valence-corrected chi connectivity index (χ1v) is 8.86. The van der Waals surface area contributed by atoms with Gasteiger partial charge in [-0.3, -0.25) is 0 Å². The molecule has 7 nitrogen and oxygen atoms in total. The molecule has 1 fully saturated rings. The number of nitrogens with zero attached hydrogens (tertiary/aromatic N) is 3. The molecule has 0 aliphatic carbocycles. The summed E-state index contributed by atoms with van der Waals surface area (Å²) in [5, 5.41) is 3.38. The third-order valence-corrected chi connectivity index (χ3v) is 4.15. The topological polar surface area (TPSA) is 68.2 Å². The van der Waals surface area contributed by atoms with Crippen molar-refractivity contribution in [2.24, 2.45) is 10.9 Å². The van der Waals surface area contributed by atoms with Gasteiger partial charge in [-0.2, -0.15) is 0 Å². The molecule has 1 N–H and O–H groups in total. The van der Waals surface area contributed by atoms with E-state index in [9.17, 15) is 0 Å². The van der Waals surface area contributed by atoms with Crippen LogP contribution >= 0.6 is 24.0 Å². The van der Waals surface area contributed by atoms with Crippen LogP contribution in [0, 0.1) is 5.92 Å². The third-order valence-electron chi connectivity index (χ3n) is 4.15. The molecule has 148 valence electrons. The second-order valence-corrected chi connectivity index (χ2v) is 6.01. The zero-order valence-electron chi connectivity index (χ0n) is 15.9. The molecule has 1 aliphatic heterocycles. The van der Waals surface area contributed by atoms with Gasteiger partial charge in [-0.25, -0.2) is 9.98 Å². The van der Waals surface area contributed by atoms with Crippen LogP contribution in [0.2, 0.25) is 0 Å². The quantitative estimate of drug-likeness (QED) is 0.254. The van der Waals surface area contributed by atoms with Gasteiger partial charge < -0.3 is 24.4 Å². The van der Waals surface area contributed by atoms with Crippen LogP contribution in [0.15, 0.2) is 23.3 Å². The Bertz CT molecular complexity index is 545. The lowest BCUT2D eigenvalue weighted by Crippen LogP contribution is -2.40. The molecule has 0 aromatic carbocycles. The lowest BCUT2D eigenvalue weighted by atomic mass is 10.1. The number of hydrogen-bond donors (Lipinski definition) is 1. The summed E-state index contributed by atoms with van der Waals surface area (Å²) in [7, 11) is 3.33. The van der Waals surface area contributed by atoms with E-state index in [4.69, 9.17) is 19.2 Å². The zero-order valence-corrected chi connectivity index (χ0v) is 18.3. The van der Waals surface area contributed by atoms with E-state index in [0.29, 0.717) is 31.6 Å². The fourth-order valence-corrected chi connectivity index (χ4v) is 2.87. The molecule has 0 amide bonds. The number of aliphatic imine (C=N–C) groups is 1. The minimum Gasteiger partial charge on any atom is -0.481 e. The van der Waals surface area contributed by atoms with Crippen molar-refractivity contribution < 1.29 is 14.2 Å². The van der Waals surface area contributed by atoms with Gasteiger partial charge in [0.25, 0.3) is 0 Å². The summed E-state index contributed by atoms with van der Waals surface area (Å²) in [5.74, 6) is 2.11. The maximum atomic E-state index is 5.67. The monoisotopic (exact) mass is 478 g/mol. The first-order valence-electron chi connectivity index (χ1n) is 8.86. The van der Waals surface area contributed by atoms with E-state index >= 15 is 0 Å². The maximum Gasteiger partial charge on any atom is 0.218 e. The minimum atomic E-state index is 0. The summed E-state index contributed by atoms with van der Waals surface area (Å²) in [6.07, 6.45) is 2.85. The van der Waals surface area contributed by atoms with Crippen LogP contribution < -0.4 is 10.1 Å². The van der Waals surface area contributed by atoms with Crippen LogP contribution in [0.25, 0.3) is 0 Å². The Morgan fingerprint density at radius 2 is 2.23 bits per heavy atom. The summed E-state index contributed by atoms with van der Waals surface area (Å²) >= 11 is 0. The Labute approximate surface area is 173 Å². The molecule has 0 bridgehead atoms. The molecule has 8 heteroatoms. The third kappa shape index (κ3) is 7.24. The number of rotatable bonds is 9. The van der Waals surface area contributed by atoms with Crippen molar-refractivity contribution in [1.82, 2.24) is 15.2 Å². The Balaban J connectivity index is 0.00000338. The minimum absolute atomic E-state index is 0. The maximum absolute atomic E-state index is 5.67. The van der Waals surface area contributed by atoms with Crippen LogP contribution in [0.3, 0.4) is 0 Å². The predicted molar refractivity (Wildman–Crippen MR) is 113 cm³/mol. The van der Waals surface area contributed by atoms with Gasteiger partial charge in [0.1, 0.15) is 0 Å². The van der Waals surface area contributed by atoms with E-state index in [1.165, 1.54) is 0 Å². The van der Waals surface area contributed by atoms with Gasteiger partial charge in [-0.1, -0.05) is 6.07 Å². The summed E-state index contributed by atoms with van der Waals surface area (Å²) in [4.78, 5) is 11.3. The van der Waals surface area contributed by atoms with E-state index in [1.807, 2.05) is 12.1 Å². The number of aromatic nitrogens is 1. The average Bonchev–Trinajstić information content (AvgIpc) is 3.11. The van der Waals surface area contributed by atoms with Crippen molar-refractivity contribution in [1.29, 1.82) is 0 Å². The molecule has 2 rings (SSSR count). The van der Waals surface area contributed by atoms with Crippen molar-refractivity contribution in [3.05, 3.63) is 23.9 Å². The van der Waals surface area contributed by atoms with Crippen LogP contribution in [-0.2, 0) is 16.0 Å². The molecular weight excluding hydrogens is 447 g/mol. The molecule has 1 atom stereocenters. The van der Waals surface area contributed by atoms with Crippen molar-refractivity contribution in [2.45, 2.75) is 19.9 Å². The zero-order chi connectivity index (χ0) is 17.9. The molecular formula is C18H31IN4O3. The molecule has 0 saturated carbocycles. The molecule has 2 heterocycles. The van der Waals surface area contributed by atoms with E-state index in [1.54, 1.807) is 20.4 Å². The Kier molecular flexibility index (Phi) is 11.5. The standard InChI is InChI=1S/C18H30N4O3.HI/c1-4-19-18(21-12-16-6-5-8-20-17(16)24-3)22-9-7-15(13-22)14-25-11-10-23-2;/h5-6,8,15H,4,7,9-14H2,1-3H3,(H,19,21);1H. The summed E-state index contributed by atoms with van der Waals surface area (Å²) in [5.41, 5.74) is 0.985. The van der Waals surface area contributed by atoms with Gasteiger partial charge in [-0.15, -0.1) is 24.0 Å². The number of ether oxygens (including phenoxy) is 3. The number of likely N-dealkylation sites (tertiary alicyclic amines) is 1. The van der Waals surface area contributed by atoms with E-state index < -0.39 is 0 Å². The van der Waals surface area contributed by atoms with Crippen LogP contribution in [0.1, 0.15) is 18.9 Å². The largest absolute Gasteiger partial charge is 0.481 e. The number of methoxy groups -OCH3 is 2. The van der Waals surface area contributed by atoms with Gasteiger partial charge in [0.05, 0.1) is 33.5 Å². The lowest BCUT2D eigenvalue weighted by molar-refractivity contribution is 0.0536. The number of halogens is 1. The fourth-order valence-electron chi connectivity index (χ4n) is 2.87. The Morgan fingerprint density at radius 1 is 1.38 bits per heavy atom. The number of guanidine groups is 1. The van der Waals surface area contributed by atoms with Crippen LogP contribution in [0.5, 0.6) is 5.88 Å². The normalized spacial score (nSPS) is 17.1. The number of nitrogens with one attached hydrogen (secondary N) is 1. The Hall–Kier alpha value is -1.13. The number of pyridine rings is 1. The van der Waals surface area contributed by atoms with Crippen molar-refractivity contribution in [3.8, 4) is 5.88 Å². The highest BCUT2D eigenvalue weighted by atomic mass is 127. The first-order chi connectivity index (χ1) is 12.3. The summed E-state index contributed by atoms with van der Waals surface area (Å²) < 4.78 is 16.0. The smallest absolute Gasteiger partial charge is 0.218 e. The molecule has 0 spiro atoms. The first kappa shape index (κ1) is 22.9. The molecule has 0 radical (unpaired) electrons. The summed E-state index contributed by atoms with van der Waals surface area (Å²) in [6, 6.07) is 3.90. The van der Waals surface area contributed by atoms with Crippen LogP contribution in [0.4, 0.5) is 0 Å². The van der Waals surface area contributed by atoms with Gasteiger partial charge in [-0.05, 0) is 19.4 Å². The molecule has 1 saturated heterocycles. The SMILES string of the molecule is CCNC(=NCc1cccnc1OC)N1CCC(COCCOC)C1.I. The van der Waals surface area contributed by atoms with Gasteiger partial charge in [0.15, 0.2) is 5.96 Å². The molecule has 1 aliphatic rings. The highest BCUT2D eigenvalue weighted by Crippen LogP contribution is 2.18. The predicted octanol–water partition coefficient (Wildman–Crippen LogP) is 2.16. The number of hydrogen-bond acceptors (Lipinski definition) is 5. The highest BCUT2D eigenvalue weighted by Gasteiger charge is 2.25. The van der Waals surface area contributed by atoms with E-state index in [0.717, 1.165) is 44.2 Å². The molecule has 1 unspecified atom stereocenters. The van der Waals surface area contributed by atoms with E-state index in [-0.39, 0.29) is 24.0 Å². The second kappa shape index (κ2) is 13.1. The van der Waals surface area contributed by atoms with Crippen LogP contribution in [-0.4, -0.2) is 69.5 Å². The van der Waals surface area contributed by atoms with Crippen molar-refractivity contribution in [3.63, 3.8) is 0 Å². The van der Waals surface area contributed by atoms with Crippen molar-refractivity contribution in [2.75, 3.05) is 53.7 Å². The van der Waals surface area contributed by atoms with Crippen molar-refractivity contribution >= 4 is 29.9 Å². The fraction of sp³-hybridized carbons (Fsp3) is 0.667. The highest BCUT2D eigenvalue weighted by molar-refractivity contribution is 14.0. The van der Waals surface area contributed by atoms with Gasteiger partial charge >= 0.3 is 0 Å². The molecule has 1 aromatic heterocycles. The van der Waals surface area contributed by atoms with Gasteiger partial charge in [0.2, 0.25) is 5.88 Å². The van der Waals surface area contributed by atoms with Gasteiger partial charge in [0, 0.05) is 44.4 Å². The average molecular weight is 478 g/mol. The summed E-state index contributed by atoms with van der Waals surface area (Å²) in [6.45, 7) is 7.50. The Morgan fingerprint density at radius 3 is 2.96 bits per heavy atom. The molecule has 26 heavy (non-hydrogen) atoms. The second-order valence-electron chi connectivity index (χ2n) is 6.01.